The lowest BCUT2D eigenvalue weighted by Gasteiger charge is -2.01. The zero-order valence-corrected chi connectivity index (χ0v) is 9.40. The zero-order valence-electron chi connectivity index (χ0n) is 9.40. The van der Waals surface area contributed by atoms with Gasteiger partial charge in [0.15, 0.2) is 5.43 Å². The van der Waals surface area contributed by atoms with Crippen molar-refractivity contribution in [3.63, 3.8) is 0 Å². The minimum absolute atomic E-state index is 0.0673. The van der Waals surface area contributed by atoms with Crippen LogP contribution in [0.4, 0.5) is 0 Å². The number of fused-ring (bicyclic) bond motifs is 1. The van der Waals surface area contributed by atoms with Crippen LogP contribution in [0.5, 0.6) is 0 Å². The number of carbonyl (C=O) groups is 1. The molecule has 0 saturated heterocycles. The summed E-state index contributed by atoms with van der Waals surface area (Å²) in [6.07, 6.45) is 1.48. The fourth-order valence-corrected chi connectivity index (χ4v) is 1.69. The number of carboxylic acid groups (broad SMARTS) is 1. The molecule has 0 amide bonds. The summed E-state index contributed by atoms with van der Waals surface area (Å²) < 4.78 is 5.34. The Labute approximate surface area is 97.5 Å². The highest BCUT2D eigenvalue weighted by molar-refractivity contribution is 5.77. The van der Waals surface area contributed by atoms with E-state index in [4.69, 9.17) is 9.52 Å². The van der Waals surface area contributed by atoms with Crippen molar-refractivity contribution in [3.05, 3.63) is 45.8 Å². The van der Waals surface area contributed by atoms with E-state index in [0.29, 0.717) is 16.5 Å². The molecule has 4 nitrogen and oxygen atoms in total. The van der Waals surface area contributed by atoms with Crippen LogP contribution in [0.25, 0.3) is 11.0 Å². The van der Waals surface area contributed by atoms with E-state index in [1.165, 1.54) is 6.26 Å². The zero-order chi connectivity index (χ0) is 12.4. The summed E-state index contributed by atoms with van der Waals surface area (Å²) in [6.45, 7) is 1.91. The lowest BCUT2D eigenvalue weighted by molar-refractivity contribution is -0.136. The largest absolute Gasteiger partial charge is 0.481 e. The van der Waals surface area contributed by atoms with Crippen LogP contribution >= 0.6 is 0 Å². The maximum absolute atomic E-state index is 12.0. The molecule has 0 aliphatic carbocycles. The minimum atomic E-state index is -0.923. The maximum atomic E-state index is 12.0. The molecule has 0 saturated carbocycles. The summed E-state index contributed by atoms with van der Waals surface area (Å²) >= 11 is 0. The average molecular weight is 232 g/mol. The Morgan fingerprint density at radius 2 is 2.18 bits per heavy atom. The molecule has 0 spiro atoms. The molecule has 88 valence electrons. The van der Waals surface area contributed by atoms with E-state index in [2.05, 4.69) is 0 Å². The number of hydrogen-bond donors (Lipinski definition) is 1. The molecule has 0 aliphatic heterocycles. The predicted molar refractivity (Wildman–Crippen MR) is 63.2 cm³/mol. The number of benzene rings is 1. The van der Waals surface area contributed by atoms with Crippen LogP contribution in [0.15, 0.2) is 33.7 Å². The van der Waals surface area contributed by atoms with Crippen LogP contribution in [0, 0.1) is 6.92 Å². The Morgan fingerprint density at radius 3 is 2.88 bits per heavy atom. The fourth-order valence-electron chi connectivity index (χ4n) is 1.69. The minimum Gasteiger partial charge on any atom is -0.481 e. The number of aliphatic carboxylic acids is 1. The van der Waals surface area contributed by atoms with Crippen molar-refractivity contribution in [2.75, 3.05) is 0 Å². The van der Waals surface area contributed by atoms with Gasteiger partial charge in [-0.05, 0) is 31.0 Å². The van der Waals surface area contributed by atoms with E-state index in [-0.39, 0.29) is 18.3 Å². The monoisotopic (exact) mass is 232 g/mol. The molecule has 0 radical (unpaired) electrons. The van der Waals surface area contributed by atoms with E-state index in [9.17, 15) is 9.59 Å². The third-order valence-corrected chi connectivity index (χ3v) is 2.61. The van der Waals surface area contributed by atoms with Crippen molar-refractivity contribution in [2.45, 2.75) is 19.8 Å². The summed E-state index contributed by atoms with van der Waals surface area (Å²) in [4.78, 5) is 22.5. The van der Waals surface area contributed by atoms with Crippen molar-refractivity contribution in [1.29, 1.82) is 0 Å². The van der Waals surface area contributed by atoms with Crippen LogP contribution in [0.2, 0.25) is 0 Å². The highest BCUT2D eigenvalue weighted by Gasteiger charge is 2.08. The predicted octanol–water partition coefficient (Wildman–Crippen LogP) is 2.12. The van der Waals surface area contributed by atoms with Crippen molar-refractivity contribution >= 4 is 16.9 Å². The van der Waals surface area contributed by atoms with Crippen molar-refractivity contribution < 1.29 is 14.3 Å². The van der Waals surface area contributed by atoms with Gasteiger partial charge in [-0.3, -0.25) is 9.59 Å². The summed E-state index contributed by atoms with van der Waals surface area (Å²) in [6, 6.07) is 5.33. The van der Waals surface area contributed by atoms with Gasteiger partial charge in [0.1, 0.15) is 5.58 Å². The number of hydrogen-bond acceptors (Lipinski definition) is 3. The van der Waals surface area contributed by atoms with E-state index in [1.807, 2.05) is 13.0 Å². The summed E-state index contributed by atoms with van der Waals surface area (Å²) in [7, 11) is 0. The lowest BCUT2D eigenvalue weighted by atomic mass is 10.1. The van der Waals surface area contributed by atoms with Crippen LogP contribution in [0.1, 0.15) is 17.5 Å². The molecule has 1 aromatic carbocycles. The summed E-state index contributed by atoms with van der Waals surface area (Å²) in [5.41, 5.74) is 1.81. The second kappa shape index (κ2) is 4.41. The normalized spacial score (nSPS) is 10.6. The first kappa shape index (κ1) is 11.4. The molecule has 2 aromatic rings. The van der Waals surface area contributed by atoms with Gasteiger partial charge < -0.3 is 9.52 Å². The molecule has 0 atom stereocenters. The van der Waals surface area contributed by atoms with Gasteiger partial charge in [-0.2, -0.15) is 0 Å². The summed E-state index contributed by atoms with van der Waals surface area (Å²) in [5.74, 6) is -0.923. The van der Waals surface area contributed by atoms with Gasteiger partial charge in [0.05, 0.1) is 11.6 Å². The summed E-state index contributed by atoms with van der Waals surface area (Å²) in [5, 5.41) is 9.08. The lowest BCUT2D eigenvalue weighted by Crippen LogP contribution is -2.10. The van der Waals surface area contributed by atoms with Gasteiger partial charge in [0, 0.05) is 12.0 Å². The molecule has 0 fully saturated rings. The van der Waals surface area contributed by atoms with Crippen LogP contribution in [-0.4, -0.2) is 11.1 Å². The topological polar surface area (TPSA) is 67.5 Å². The van der Waals surface area contributed by atoms with Crippen molar-refractivity contribution in [2.24, 2.45) is 0 Å². The molecule has 0 unspecified atom stereocenters. The Bertz CT molecular complexity index is 625. The van der Waals surface area contributed by atoms with Gasteiger partial charge in [-0.1, -0.05) is 6.07 Å². The molecule has 1 N–H and O–H groups in total. The van der Waals surface area contributed by atoms with E-state index >= 15 is 0 Å². The van der Waals surface area contributed by atoms with Crippen molar-refractivity contribution in [3.8, 4) is 0 Å². The standard InChI is InChI=1S/C13H12O4/c1-8-2-4-10-11(6-8)17-7-9(13(10)16)3-5-12(14)15/h2,4,6-7H,3,5H2,1H3,(H,14,15). The molecule has 0 aliphatic rings. The first-order valence-electron chi connectivity index (χ1n) is 5.31. The van der Waals surface area contributed by atoms with Crippen LogP contribution in [0.3, 0.4) is 0 Å². The maximum Gasteiger partial charge on any atom is 0.303 e. The number of aryl methyl sites for hydroxylation is 2. The third-order valence-electron chi connectivity index (χ3n) is 2.61. The quantitative estimate of drug-likeness (QED) is 0.880. The molecule has 4 heteroatoms. The molecule has 1 heterocycles. The Balaban J connectivity index is 2.47. The van der Waals surface area contributed by atoms with Crippen LogP contribution in [-0.2, 0) is 11.2 Å². The second-order valence-electron chi connectivity index (χ2n) is 3.98. The van der Waals surface area contributed by atoms with Gasteiger partial charge in [-0.25, -0.2) is 0 Å². The smallest absolute Gasteiger partial charge is 0.303 e. The highest BCUT2D eigenvalue weighted by Crippen LogP contribution is 2.13. The average Bonchev–Trinajstić information content (AvgIpc) is 2.27. The van der Waals surface area contributed by atoms with Crippen LogP contribution < -0.4 is 5.43 Å². The molecular formula is C13H12O4. The van der Waals surface area contributed by atoms with Gasteiger partial charge in [0.25, 0.3) is 0 Å². The van der Waals surface area contributed by atoms with E-state index in [1.54, 1.807) is 12.1 Å². The number of carboxylic acids is 1. The third kappa shape index (κ3) is 2.36. The SMILES string of the molecule is Cc1ccc2c(=O)c(CCC(=O)O)coc2c1. The van der Waals surface area contributed by atoms with Gasteiger partial charge in [-0.15, -0.1) is 0 Å². The Kier molecular flexibility index (Phi) is 2.95. The molecule has 0 bridgehead atoms. The molecular weight excluding hydrogens is 220 g/mol. The van der Waals surface area contributed by atoms with E-state index < -0.39 is 5.97 Å². The molecule has 2 rings (SSSR count). The van der Waals surface area contributed by atoms with E-state index in [0.717, 1.165) is 5.56 Å². The Morgan fingerprint density at radius 1 is 1.41 bits per heavy atom. The van der Waals surface area contributed by atoms with Gasteiger partial charge >= 0.3 is 5.97 Å². The Hall–Kier alpha value is -2.10. The fraction of sp³-hybridized carbons (Fsp3) is 0.231. The molecule has 17 heavy (non-hydrogen) atoms. The first-order chi connectivity index (χ1) is 8.08. The van der Waals surface area contributed by atoms with Gasteiger partial charge in [0.2, 0.25) is 0 Å². The molecule has 1 aromatic heterocycles. The second-order valence-corrected chi connectivity index (χ2v) is 3.98. The van der Waals surface area contributed by atoms with Crippen molar-refractivity contribution in [1.82, 2.24) is 0 Å². The first-order valence-corrected chi connectivity index (χ1v) is 5.31. The number of rotatable bonds is 3. The highest BCUT2D eigenvalue weighted by atomic mass is 16.4.